The Labute approximate surface area is 189 Å². The molecule has 162 valence electrons. The van der Waals surface area contributed by atoms with Gasteiger partial charge < -0.3 is 14.8 Å². The van der Waals surface area contributed by atoms with Gasteiger partial charge in [0.05, 0.1) is 25.7 Å². The first kappa shape index (κ1) is 21.4. The van der Waals surface area contributed by atoms with E-state index in [2.05, 4.69) is 20.5 Å². The first-order valence-electron chi connectivity index (χ1n) is 9.75. The van der Waals surface area contributed by atoms with Crippen LogP contribution in [0.4, 0.5) is 5.69 Å². The fourth-order valence-electron chi connectivity index (χ4n) is 3.06. The number of hydrogen-bond donors (Lipinski definition) is 1. The van der Waals surface area contributed by atoms with E-state index in [0.717, 1.165) is 11.3 Å². The number of carbonyl (C=O) groups excluding carboxylic acids is 1. The zero-order valence-corrected chi connectivity index (χ0v) is 18.4. The monoisotopic (exact) mass is 447 g/mol. The molecular formula is C23H21N5O3S. The minimum atomic E-state index is -0.161. The van der Waals surface area contributed by atoms with E-state index in [-0.39, 0.29) is 11.7 Å². The van der Waals surface area contributed by atoms with Crippen LogP contribution in [-0.4, -0.2) is 45.6 Å². The van der Waals surface area contributed by atoms with Gasteiger partial charge in [-0.1, -0.05) is 23.9 Å². The second kappa shape index (κ2) is 9.97. The van der Waals surface area contributed by atoms with Crippen molar-refractivity contribution in [2.75, 3.05) is 25.3 Å². The van der Waals surface area contributed by atoms with E-state index in [0.29, 0.717) is 28.2 Å². The normalized spacial score (nSPS) is 10.6. The Bertz CT molecular complexity index is 1210. The summed E-state index contributed by atoms with van der Waals surface area (Å²) in [6.45, 7) is 0. The van der Waals surface area contributed by atoms with E-state index in [1.165, 1.54) is 11.8 Å². The van der Waals surface area contributed by atoms with Gasteiger partial charge in [0.2, 0.25) is 5.91 Å². The van der Waals surface area contributed by atoms with Crippen molar-refractivity contribution in [3.05, 3.63) is 73.1 Å². The Morgan fingerprint density at radius 3 is 2.53 bits per heavy atom. The molecular weight excluding hydrogens is 426 g/mol. The third-order valence-electron chi connectivity index (χ3n) is 4.55. The lowest BCUT2D eigenvalue weighted by molar-refractivity contribution is -0.113. The molecule has 0 bridgehead atoms. The second-order valence-electron chi connectivity index (χ2n) is 6.65. The lowest BCUT2D eigenvalue weighted by Crippen LogP contribution is -2.14. The molecule has 4 aromatic rings. The molecule has 0 saturated carbocycles. The molecule has 2 aromatic heterocycles. The van der Waals surface area contributed by atoms with E-state index in [4.69, 9.17) is 9.47 Å². The minimum Gasteiger partial charge on any atom is -0.497 e. The molecule has 0 unspecified atom stereocenters. The van der Waals surface area contributed by atoms with Crippen molar-refractivity contribution in [1.82, 2.24) is 19.7 Å². The molecule has 2 aromatic carbocycles. The molecule has 0 atom stereocenters. The second-order valence-corrected chi connectivity index (χ2v) is 7.60. The van der Waals surface area contributed by atoms with Crippen molar-refractivity contribution < 1.29 is 14.3 Å². The van der Waals surface area contributed by atoms with E-state index < -0.39 is 0 Å². The van der Waals surface area contributed by atoms with Gasteiger partial charge in [0.1, 0.15) is 11.5 Å². The number of benzene rings is 2. The van der Waals surface area contributed by atoms with Crippen molar-refractivity contribution in [1.29, 1.82) is 0 Å². The number of ether oxygens (including phenoxy) is 2. The van der Waals surface area contributed by atoms with Crippen LogP contribution in [0, 0.1) is 0 Å². The maximum Gasteiger partial charge on any atom is 0.234 e. The van der Waals surface area contributed by atoms with Crippen molar-refractivity contribution in [3.8, 4) is 28.6 Å². The third kappa shape index (κ3) is 4.89. The maximum atomic E-state index is 12.6. The largest absolute Gasteiger partial charge is 0.497 e. The molecule has 32 heavy (non-hydrogen) atoms. The Morgan fingerprint density at radius 2 is 1.78 bits per heavy atom. The van der Waals surface area contributed by atoms with Gasteiger partial charge in [-0.15, -0.1) is 10.2 Å². The number of amides is 1. The SMILES string of the molecule is COc1cccc(NC(=O)CSc2nnc(-c3cccnc3)n2-c2cccc(OC)c2)c1. The molecule has 0 radical (unpaired) electrons. The molecule has 1 amide bonds. The number of hydrogen-bond acceptors (Lipinski definition) is 7. The van der Waals surface area contributed by atoms with Gasteiger partial charge in [0.25, 0.3) is 0 Å². The highest BCUT2D eigenvalue weighted by Gasteiger charge is 2.18. The maximum absolute atomic E-state index is 12.6. The van der Waals surface area contributed by atoms with Crippen molar-refractivity contribution in [2.45, 2.75) is 5.16 Å². The first-order valence-corrected chi connectivity index (χ1v) is 10.7. The van der Waals surface area contributed by atoms with Crippen molar-refractivity contribution in [3.63, 3.8) is 0 Å². The summed E-state index contributed by atoms with van der Waals surface area (Å²) in [5, 5.41) is 12.2. The van der Waals surface area contributed by atoms with Crippen LogP contribution in [0.1, 0.15) is 0 Å². The van der Waals surface area contributed by atoms with Crippen molar-refractivity contribution in [2.24, 2.45) is 0 Å². The average molecular weight is 448 g/mol. The average Bonchev–Trinajstić information content (AvgIpc) is 3.27. The number of carbonyl (C=O) groups is 1. The zero-order chi connectivity index (χ0) is 22.3. The lowest BCUT2D eigenvalue weighted by atomic mass is 10.2. The highest BCUT2D eigenvalue weighted by Crippen LogP contribution is 2.29. The first-order chi connectivity index (χ1) is 15.7. The molecule has 0 fully saturated rings. The molecule has 0 aliphatic carbocycles. The zero-order valence-electron chi connectivity index (χ0n) is 17.6. The summed E-state index contributed by atoms with van der Waals surface area (Å²) in [4.78, 5) is 16.7. The van der Waals surface area contributed by atoms with Gasteiger partial charge in [-0.2, -0.15) is 0 Å². The van der Waals surface area contributed by atoms with Gasteiger partial charge in [0, 0.05) is 35.8 Å². The Balaban J connectivity index is 1.59. The van der Waals surface area contributed by atoms with Crippen LogP contribution in [0.25, 0.3) is 17.1 Å². The van der Waals surface area contributed by atoms with Crippen LogP contribution in [-0.2, 0) is 4.79 Å². The predicted octanol–water partition coefficient (Wildman–Crippen LogP) is 4.08. The van der Waals surface area contributed by atoms with E-state index in [9.17, 15) is 4.79 Å². The van der Waals surface area contributed by atoms with Gasteiger partial charge >= 0.3 is 0 Å². The quantitative estimate of drug-likeness (QED) is 0.407. The summed E-state index contributed by atoms with van der Waals surface area (Å²) in [7, 11) is 3.20. The molecule has 0 saturated heterocycles. The summed E-state index contributed by atoms with van der Waals surface area (Å²) < 4.78 is 12.5. The molecule has 0 aliphatic heterocycles. The third-order valence-corrected chi connectivity index (χ3v) is 5.48. The number of thioether (sulfide) groups is 1. The van der Waals surface area contributed by atoms with Crippen LogP contribution in [0.3, 0.4) is 0 Å². The molecule has 0 spiro atoms. The highest BCUT2D eigenvalue weighted by molar-refractivity contribution is 7.99. The fraction of sp³-hybridized carbons (Fsp3) is 0.130. The molecule has 4 rings (SSSR count). The van der Waals surface area contributed by atoms with Crippen LogP contribution in [0.2, 0.25) is 0 Å². The summed E-state index contributed by atoms with van der Waals surface area (Å²) in [5.74, 6) is 2.01. The topological polar surface area (TPSA) is 91.2 Å². The van der Waals surface area contributed by atoms with Crippen LogP contribution in [0.15, 0.2) is 78.2 Å². The molecule has 1 N–H and O–H groups in total. The number of aromatic nitrogens is 4. The Kier molecular flexibility index (Phi) is 6.66. The summed E-state index contributed by atoms with van der Waals surface area (Å²) >= 11 is 1.29. The van der Waals surface area contributed by atoms with E-state index >= 15 is 0 Å². The number of methoxy groups -OCH3 is 2. The summed E-state index contributed by atoms with van der Waals surface area (Å²) in [5.41, 5.74) is 2.31. The Hall–Kier alpha value is -3.85. The lowest BCUT2D eigenvalue weighted by Gasteiger charge is -2.11. The number of nitrogens with zero attached hydrogens (tertiary/aromatic N) is 4. The summed E-state index contributed by atoms with van der Waals surface area (Å²) in [6.07, 6.45) is 3.43. The highest BCUT2D eigenvalue weighted by atomic mass is 32.2. The standard InChI is InChI=1S/C23H21N5O3S/c1-30-19-9-3-7-17(12-19)25-21(29)15-32-23-27-26-22(16-6-5-11-24-14-16)28(23)18-8-4-10-20(13-18)31-2/h3-14H,15H2,1-2H3,(H,25,29). The minimum absolute atomic E-state index is 0.159. The van der Waals surface area contributed by atoms with Crippen molar-refractivity contribution >= 4 is 23.4 Å². The smallest absolute Gasteiger partial charge is 0.234 e. The van der Waals surface area contributed by atoms with Gasteiger partial charge in [0.15, 0.2) is 11.0 Å². The van der Waals surface area contributed by atoms with E-state index in [1.54, 1.807) is 32.7 Å². The fourth-order valence-corrected chi connectivity index (χ4v) is 3.81. The van der Waals surface area contributed by atoms with Crippen LogP contribution < -0.4 is 14.8 Å². The molecule has 2 heterocycles. The van der Waals surface area contributed by atoms with Gasteiger partial charge in [-0.05, 0) is 36.4 Å². The van der Waals surface area contributed by atoms with Gasteiger partial charge in [-0.25, -0.2) is 0 Å². The van der Waals surface area contributed by atoms with E-state index in [1.807, 2.05) is 59.2 Å². The summed E-state index contributed by atoms with van der Waals surface area (Å²) in [6, 6.07) is 18.6. The molecule has 8 nitrogen and oxygen atoms in total. The Morgan fingerprint density at radius 1 is 1.00 bits per heavy atom. The molecule has 9 heteroatoms. The van der Waals surface area contributed by atoms with Crippen LogP contribution >= 0.6 is 11.8 Å². The van der Waals surface area contributed by atoms with Gasteiger partial charge in [-0.3, -0.25) is 14.3 Å². The predicted molar refractivity (Wildman–Crippen MR) is 123 cm³/mol. The molecule has 0 aliphatic rings. The number of pyridine rings is 1. The number of anilines is 1. The number of rotatable bonds is 8. The number of nitrogens with one attached hydrogen (secondary N) is 1. The van der Waals surface area contributed by atoms with Crippen LogP contribution in [0.5, 0.6) is 11.5 Å².